The maximum absolute atomic E-state index is 12.7. The van der Waals surface area contributed by atoms with Gasteiger partial charge in [0.05, 0.1) is 5.56 Å². The van der Waals surface area contributed by atoms with Crippen molar-refractivity contribution in [3.05, 3.63) is 35.4 Å². The highest BCUT2D eigenvalue weighted by molar-refractivity contribution is 5.98. The summed E-state index contributed by atoms with van der Waals surface area (Å²) in [6.07, 6.45) is -1.87. The van der Waals surface area contributed by atoms with Crippen molar-refractivity contribution in [2.75, 3.05) is 13.2 Å². The predicted molar refractivity (Wildman–Crippen MR) is 81.8 cm³/mol. The number of benzene rings is 1. The fourth-order valence-corrected chi connectivity index (χ4v) is 2.53. The zero-order valence-corrected chi connectivity index (χ0v) is 14.4. The second-order valence-electron chi connectivity index (χ2n) is 5.06. The molecule has 1 aromatic carbocycles. The average molecular weight is 347 g/mol. The third-order valence-corrected chi connectivity index (χ3v) is 3.65. The minimum atomic E-state index is -4.31. The van der Waals surface area contributed by atoms with E-state index < -0.39 is 17.7 Å². The second-order valence-corrected chi connectivity index (χ2v) is 5.26. The van der Waals surface area contributed by atoms with E-state index in [0.717, 1.165) is 6.07 Å². The van der Waals surface area contributed by atoms with E-state index in [4.69, 9.17) is 13.9 Å². The molecule has 0 aliphatic rings. The lowest BCUT2D eigenvalue weighted by Crippen LogP contribution is -2.38. The third-order valence-electron chi connectivity index (χ3n) is 3.34. The molecule has 0 aliphatic heterocycles. The molecule has 3 nitrogen and oxygen atoms in total. The Bertz CT molecular complexity index is 460. The van der Waals surface area contributed by atoms with Gasteiger partial charge in [0, 0.05) is 19.6 Å². The normalized spacial score (nSPS) is 12.6. The van der Waals surface area contributed by atoms with Gasteiger partial charge < -0.3 is 13.9 Å². The summed E-state index contributed by atoms with van der Waals surface area (Å²) in [4.78, 5) is 0. The molecule has 0 bridgehead atoms. The number of hydrogen-bond donors (Lipinski definition) is 0. The molecule has 0 fully saturated rings. The highest BCUT2D eigenvalue weighted by Gasteiger charge is 2.31. The summed E-state index contributed by atoms with van der Waals surface area (Å²) in [6, 6.07) is 5.41. The molecular formula is C16H22F3O3Si. The number of hydrogen-bond acceptors (Lipinski definition) is 3. The van der Waals surface area contributed by atoms with Crippen LogP contribution in [0.5, 0.6) is 0 Å². The predicted octanol–water partition coefficient (Wildman–Crippen LogP) is 4.25. The first-order valence-corrected chi connectivity index (χ1v) is 8.06. The van der Waals surface area contributed by atoms with Gasteiger partial charge in [0.2, 0.25) is 0 Å². The van der Waals surface area contributed by atoms with Crippen LogP contribution in [0.1, 0.15) is 44.2 Å². The first kappa shape index (κ1) is 20.2. The Morgan fingerprint density at radius 1 is 1.04 bits per heavy atom. The van der Waals surface area contributed by atoms with Crippen LogP contribution in [0.25, 0.3) is 0 Å². The maximum atomic E-state index is 12.7. The molecule has 0 N–H and O–H groups in total. The molecular weight excluding hydrogens is 325 g/mol. The molecule has 0 amide bonds. The van der Waals surface area contributed by atoms with Gasteiger partial charge in [-0.2, -0.15) is 13.2 Å². The van der Waals surface area contributed by atoms with Crippen LogP contribution < -0.4 is 0 Å². The summed E-state index contributed by atoms with van der Waals surface area (Å²) in [5.41, 5.74) is 0.0500. The Morgan fingerprint density at radius 2 is 1.70 bits per heavy atom. The monoisotopic (exact) mass is 347 g/mol. The topological polar surface area (TPSA) is 27.7 Å². The summed E-state index contributed by atoms with van der Waals surface area (Å²) in [6.45, 7) is 4.53. The van der Waals surface area contributed by atoms with Crippen LogP contribution in [0.2, 0.25) is 0 Å². The molecule has 0 heterocycles. The average Bonchev–Trinajstić information content (AvgIpc) is 2.51. The van der Waals surface area contributed by atoms with E-state index in [0.29, 0.717) is 44.5 Å². The number of rotatable bonds is 10. The van der Waals surface area contributed by atoms with Gasteiger partial charge in [0.1, 0.15) is 0 Å². The zero-order valence-electron chi connectivity index (χ0n) is 13.4. The molecule has 129 valence electrons. The molecule has 3 radical (unpaired) electrons. The van der Waals surface area contributed by atoms with E-state index in [1.807, 2.05) is 13.8 Å². The van der Waals surface area contributed by atoms with Crippen LogP contribution in [0.15, 0.2) is 24.3 Å². The quantitative estimate of drug-likeness (QED) is 0.360. The molecule has 0 aliphatic carbocycles. The summed E-state index contributed by atoms with van der Waals surface area (Å²) in [7, 11) is 2.98. The van der Waals surface area contributed by atoms with Gasteiger partial charge in [-0.25, -0.2) is 0 Å². The Kier molecular flexibility index (Phi) is 8.25. The molecule has 0 aromatic heterocycles. The second kappa shape index (κ2) is 9.41. The van der Waals surface area contributed by atoms with E-state index >= 15 is 0 Å². The molecule has 0 unspecified atom stereocenters. The van der Waals surface area contributed by atoms with Crippen molar-refractivity contribution in [3.63, 3.8) is 0 Å². The van der Waals surface area contributed by atoms with E-state index in [9.17, 15) is 13.2 Å². The van der Waals surface area contributed by atoms with Gasteiger partial charge in [0.15, 0.2) is 0 Å². The van der Waals surface area contributed by atoms with E-state index in [-0.39, 0.29) is 0 Å². The Labute approximate surface area is 138 Å². The van der Waals surface area contributed by atoms with Crippen molar-refractivity contribution < 1.29 is 27.1 Å². The lowest BCUT2D eigenvalue weighted by atomic mass is 10.0. The number of ether oxygens (including phenoxy) is 2. The molecule has 23 heavy (non-hydrogen) atoms. The third kappa shape index (κ3) is 6.62. The number of halogens is 3. The summed E-state index contributed by atoms with van der Waals surface area (Å²) in [5.74, 6) is -1.14. The SMILES string of the molecule is CCOC(CCCCc1cccc(C(F)(F)F)c1)(O[Si])OCC. The summed E-state index contributed by atoms with van der Waals surface area (Å²) in [5, 5.41) is 0. The van der Waals surface area contributed by atoms with Gasteiger partial charge in [-0.1, -0.05) is 18.2 Å². The highest BCUT2D eigenvalue weighted by Crippen LogP contribution is 2.30. The molecule has 0 saturated carbocycles. The lowest BCUT2D eigenvalue weighted by Gasteiger charge is -2.31. The fourth-order valence-electron chi connectivity index (χ4n) is 2.31. The van der Waals surface area contributed by atoms with E-state index in [1.165, 1.54) is 12.1 Å². The van der Waals surface area contributed by atoms with Crippen molar-refractivity contribution in [1.29, 1.82) is 0 Å². The molecule has 0 spiro atoms. The maximum Gasteiger partial charge on any atom is 0.416 e. The van der Waals surface area contributed by atoms with Crippen LogP contribution in [-0.2, 0) is 26.5 Å². The summed E-state index contributed by atoms with van der Waals surface area (Å²) >= 11 is 0. The molecule has 1 rings (SSSR count). The fraction of sp³-hybridized carbons (Fsp3) is 0.625. The van der Waals surface area contributed by atoms with Gasteiger partial charge in [-0.15, -0.1) is 0 Å². The van der Waals surface area contributed by atoms with Crippen molar-refractivity contribution in [1.82, 2.24) is 0 Å². The Hall–Kier alpha value is -0.893. The standard InChI is InChI=1S/C16H22F3O3Si/c1-3-20-15(22-23,21-4-2)11-6-5-8-13-9-7-10-14(12-13)16(17,18)19/h7,9-10,12H,3-6,8,11H2,1-2H3. The first-order valence-electron chi connectivity index (χ1n) is 7.65. The first-order chi connectivity index (χ1) is 10.9. The minimum absolute atomic E-state index is 0.429. The van der Waals surface area contributed by atoms with Crippen molar-refractivity contribution >= 4 is 10.5 Å². The van der Waals surface area contributed by atoms with E-state index in [1.54, 1.807) is 6.07 Å². The van der Waals surface area contributed by atoms with Crippen LogP contribution in [0, 0.1) is 0 Å². The minimum Gasteiger partial charge on any atom is -0.371 e. The van der Waals surface area contributed by atoms with Crippen LogP contribution in [-0.4, -0.2) is 29.7 Å². The number of alkyl halides is 3. The smallest absolute Gasteiger partial charge is 0.371 e. The van der Waals surface area contributed by atoms with Crippen LogP contribution in [0.4, 0.5) is 13.2 Å². The summed E-state index contributed by atoms with van der Waals surface area (Å²) < 4.78 is 54.2. The molecule has 1 aromatic rings. The zero-order chi connectivity index (χ0) is 17.3. The highest BCUT2D eigenvalue weighted by atomic mass is 28.2. The van der Waals surface area contributed by atoms with Crippen molar-refractivity contribution in [2.24, 2.45) is 0 Å². The van der Waals surface area contributed by atoms with E-state index in [2.05, 4.69) is 10.5 Å². The molecule has 0 atom stereocenters. The Balaban J connectivity index is 2.53. The molecule has 7 heteroatoms. The largest absolute Gasteiger partial charge is 0.416 e. The van der Waals surface area contributed by atoms with Crippen LogP contribution >= 0.6 is 0 Å². The van der Waals surface area contributed by atoms with Gasteiger partial charge in [-0.3, -0.25) is 0 Å². The lowest BCUT2D eigenvalue weighted by molar-refractivity contribution is -0.344. The van der Waals surface area contributed by atoms with Gasteiger partial charge in [-0.05, 0) is 44.7 Å². The number of unbranched alkanes of at least 4 members (excludes halogenated alkanes) is 1. The van der Waals surface area contributed by atoms with Crippen molar-refractivity contribution in [3.8, 4) is 0 Å². The van der Waals surface area contributed by atoms with Gasteiger partial charge >= 0.3 is 6.18 Å². The van der Waals surface area contributed by atoms with Gasteiger partial charge in [0.25, 0.3) is 16.5 Å². The molecule has 0 saturated heterocycles. The van der Waals surface area contributed by atoms with Crippen LogP contribution in [0.3, 0.4) is 0 Å². The number of aryl methyl sites for hydroxylation is 1. The van der Waals surface area contributed by atoms with Crippen molar-refractivity contribution in [2.45, 2.75) is 51.7 Å². The Morgan fingerprint density at radius 3 is 2.22 bits per heavy atom.